The van der Waals surface area contributed by atoms with E-state index in [0.29, 0.717) is 17.3 Å². The molecule has 0 saturated heterocycles. The molecule has 2 N–H and O–H groups in total. The smallest absolute Gasteiger partial charge is 0.238 e. The van der Waals surface area contributed by atoms with Gasteiger partial charge in [0.25, 0.3) is 0 Å². The number of nitrogen functional groups attached to an aromatic ring is 1. The summed E-state index contributed by atoms with van der Waals surface area (Å²) in [6.07, 6.45) is 1.59. The topological polar surface area (TPSA) is 61.0 Å². The normalized spacial score (nSPS) is 9.93. The Labute approximate surface area is 95.2 Å². The number of hydrogen-bond donors (Lipinski definition) is 1. The van der Waals surface area contributed by atoms with E-state index in [9.17, 15) is 0 Å². The van der Waals surface area contributed by atoms with Crippen LogP contribution in [-0.2, 0) is 0 Å². The first-order valence-corrected chi connectivity index (χ1v) is 5.05. The Morgan fingerprint density at radius 3 is 2.80 bits per heavy atom. The zero-order valence-corrected chi connectivity index (χ0v) is 9.31. The van der Waals surface area contributed by atoms with Gasteiger partial charge < -0.3 is 10.5 Å². The zero-order chi connectivity index (χ0) is 10.7. The molecule has 0 saturated carbocycles. The van der Waals surface area contributed by atoms with Gasteiger partial charge >= 0.3 is 0 Å². The Morgan fingerprint density at radius 2 is 2.13 bits per heavy atom. The minimum absolute atomic E-state index is 0.440. The molecule has 4 nitrogen and oxygen atoms in total. The molecule has 76 valence electrons. The highest BCUT2D eigenvalue weighted by atomic mass is 79.9. The summed E-state index contributed by atoms with van der Waals surface area (Å²) in [5.74, 6) is 1.07. The van der Waals surface area contributed by atoms with Crippen LogP contribution in [0.2, 0.25) is 0 Å². The third kappa shape index (κ3) is 2.66. The standard InChI is InChI=1S/C10H8BrN3O/c11-7-4-8(12)6-9(5-7)15-10-2-1-3-13-14-10/h1-6H,12H2. The van der Waals surface area contributed by atoms with Crippen LogP contribution in [0.25, 0.3) is 0 Å². The van der Waals surface area contributed by atoms with Gasteiger partial charge in [0.05, 0.1) is 0 Å². The van der Waals surface area contributed by atoms with E-state index in [1.807, 2.05) is 6.07 Å². The molecule has 15 heavy (non-hydrogen) atoms. The Hall–Kier alpha value is -1.62. The van der Waals surface area contributed by atoms with Gasteiger partial charge in [-0.3, -0.25) is 0 Å². The number of hydrogen-bond acceptors (Lipinski definition) is 4. The van der Waals surface area contributed by atoms with Gasteiger partial charge in [-0.25, -0.2) is 0 Å². The van der Waals surface area contributed by atoms with Gasteiger partial charge in [0.15, 0.2) is 0 Å². The predicted molar refractivity (Wildman–Crippen MR) is 60.7 cm³/mol. The van der Waals surface area contributed by atoms with Crippen molar-refractivity contribution < 1.29 is 4.74 Å². The minimum atomic E-state index is 0.440. The van der Waals surface area contributed by atoms with Crippen LogP contribution >= 0.6 is 15.9 Å². The van der Waals surface area contributed by atoms with Gasteiger partial charge in [-0.15, -0.1) is 5.10 Å². The summed E-state index contributed by atoms with van der Waals surface area (Å²) < 4.78 is 6.32. The van der Waals surface area contributed by atoms with E-state index in [2.05, 4.69) is 26.1 Å². The highest BCUT2D eigenvalue weighted by Crippen LogP contribution is 2.25. The highest BCUT2D eigenvalue weighted by Gasteiger charge is 2.00. The quantitative estimate of drug-likeness (QED) is 0.849. The molecule has 0 unspecified atom stereocenters. The van der Waals surface area contributed by atoms with Gasteiger partial charge in [-0.05, 0) is 18.2 Å². The van der Waals surface area contributed by atoms with E-state index in [1.54, 1.807) is 30.5 Å². The molecule has 5 heteroatoms. The van der Waals surface area contributed by atoms with Gasteiger partial charge in [0.2, 0.25) is 5.88 Å². The molecule has 1 heterocycles. The van der Waals surface area contributed by atoms with Crippen molar-refractivity contribution in [3.63, 3.8) is 0 Å². The first-order valence-electron chi connectivity index (χ1n) is 4.26. The van der Waals surface area contributed by atoms with Crippen molar-refractivity contribution in [1.29, 1.82) is 0 Å². The van der Waals surface area contributed by atoms with Gasteiger partial charge in [0, 0.05) is 28.5 Å². The van der Waals surface area contributed by atoms with Crippen molar-refractivity contribution in [3.05, 3.63) is 41.0 Å². The summed E-state index contributed by atoms with van der Waals surface area (Å²) in [6.45, 7) is 0. The van der Waals surface area contributed by atoms with Gasteiger partial charge in [0.1, 0.15) is 5.75 Å². The fraction of sp³-hybridized carbons (Fsp3) is 0. The lowest BCUT2D eigenvalue weighted by Crippen LogP contribution is -1.91. The molecule has 2 rings (SSSR count). The predicted octanol–water partition coefficient (Wildman–Crippen LogP) is 2.61. The van der Waals surface area contributed by atoms with Crippen LogP contribution in [-0.4, -0.2) is 10.2 Å². The maximum atomic E-state index is 5.67. The fourth-order valence-electron chi connectivity index (χ4n) is 1.11. The molecule has 0 amide bonds. The van der Waals surface area contributed by atoms with Crippen molar-refractivity contribution >= 4 is 21.6 Å². The summed E-state index contributed by atoms with van der Waals surface area (Å²) in [7, 11) is 0. The molecular weight excluding hydrogens is 258 g/mol. The SMILES string of the molecule is Nc1cc(Br)cc(Oc2cccnn2)c1. The maximum Gasteiger partial charge on any atom is 0.238 e. The van der Waals surface area contributed by atoms with Crippen LogP contribution in [0.1, 0.15) is 0 Å². The Balaban J connectivity index is 2.25. The number of ether oxygens (including phenoxy) is 1. The van der Waals surface area contributed by atoms with Crippen LogP contribution in [0.5, 0.6) is 11.6 Å². The summed E-state index contributed by atoms with van der Waals surface area (Å²) >= 11 is 3.33. The first kappa shape index (κ1) is 9.92. The molecule has 0 aliphatic heterocycles. The largest absolute Gasteiger partial charge is 0.437 e. The second kappa shape index (κ2) is 4.27. The molecule has 0 aliphatic rings. The molecular formula is C10H8BrN3O. The van der Waals surface area contributed by atoms with E-state index in [0.717, 1.165) is 4.47 Å². The zero-order valence-electron chi connectivity index (χ0n) is 7.72. The van der Waals surface area contributed by atoms with Crippen LogP contribution in [0.4, 0.5) is 5.69 Å². The summed E-state index contributed by atoms with van der Waals surface area (Å²) in [5.41, 5.74) is 6.30. The van der Waals surface area contributed by atoms with Gasteiger partial charge in [-0.1, -0.05) is 15.9 Å². The monoisotopic (exact) mass is 265 g/mol. The van der Waals surface area contributed by atoms with E-state index in [4.69, 9.17) is 10.5 Å². The molecule has 0 radical (unpaired) electrons. The van der Waals surface area contributed by atoms with E-state index in [1.165, 1.54) is 0 Å². The number of nitrogens with zero attached hydrogens (tertiary/aromatic N) is 2. The first-order chi connectivity index (χ1) is 7.24. The third-order valence-electron chi connectivity index (χ3n) is 1.66. The average molecular weight is 266 g/mol. The number of nitrogens with two attached hydrogens (primary N) is 1. The highest BCUT2D eigenvalue weighted by molar-refractivity contribution is 9.10. The van der Waals surface area contributed by atoms with E-state index in [-0.39, 0.29) is 0 Å². The summed E-state index contributed by atoms with van der Waals surface area (Å²) in [5, 5.41) is 7.51. The number of halogens is 1. The van der Waals surface area contributed by atoms with Crippen molar-refractivity contribution in [3.8, 4) is 11.6 Å². The lowest BCUT2D eigenvalue weighted by atomic mass is 10.3. The minimum Gasteiger partial charge on any atom is -0.437 e. The second-order valence-corrected chi connectivity index (χ2v) is 3.80. The number of aromatic nitrogens is 2. The van der Waals surface area contributed by atoms with Crippen LogP contribution < -0.4 is 10.5 Å². The van der Waals surface area contributed by atoms with Gasteiger partial charge in [-0.2, -0.15) is 5.10 Å². The van der Waals surface area contributed by atoms with Crippen molar-refractivity contribution in [2.24, 2.45) is 0 Å². The summed E-state index contributed by atoms with van der Waals surface area (Å²) in [4.78, 5) is 0. The number of rotatable bonds is 2. The second-order valence-electron chi connectivity index (χ2n) is 2.88. The lowest BCUT2D eigenvalue weighted by Gasteiger charge is -2.04. The Kier molecular flexibility index (Phi) is 2.82. The molecule has 1 aromatic carbocycles. The van der Waals surface area contributed by atoms with E-state index < -0.39 is 0 Å². The lowest BCUT2D eigenvalue weighted by molar-refractivity contribution is 0.455. The fourth-order valence-corrected chi connectivity index (χ4v) is 1.60. The summed E-state index contributed by atoms with van der Waals surface area (Å²) in [6, 6.07) is 8.81. The average Bonchev–Trinajstić information content (AvgIpc) is 2.17. The van der Waals surface area contributed by atoms with Crippen LogP contribution in [0, 0.1) is 0 Å². The van der Waals surface area contributed by atoms with E-state index >= 15 is 0 Å². The Bertz CT molecular complexity index is 441. The Morgan fingerprint density at radius 1 is 1.27 bits per heavy atom. The van der Waals surface area contributed by atoms with Crippen LogP contribution in [0.3, 0.4) is 0 Å². The van der Waals surface area contributed by atoms with Crippen molar-refractivity contribution in [2.45, 2.75) is 0 Å². The van der Waals surface area contributed by atoms with Crippen molar-refractivity contribution in [1.82, 2.24) is 10.2 Å². The number of anilines is 1. The molecule has 2 aromatic rings. The van der Waals surface area contributed by atoms with Crippen molar-refractivity contribution in [2.75, 3.05) is 5.73 Å². The number of benzene rings is 1. The molecule has 0 atom stereocenters. The molecule has 0 spiro atoms. The third-order valence-corrected chi connectivity index (χ3v) is 2.12. The molecule has 0 fully saturated rings. The molecule has 0 bridgehead atoms. The molecule has 1 aromatic heterocycles. The maximum absolute atomic E-state index is 5.67. The van der Waals surface area contributed by atoms with Crippen LogP contribution in [0.15, 0.2) is 41.0 Å². The molecule has 0 aliphatic carbocycles.